The van der Waals surface area contributed by atoms with Crippen LogP contribution in [0.1, 0.15) is 33.1 Å². The number of ether oxygens (including phenoxy) is 1. The van der Waals surface area contributed by atoms with Crippen LogP contribution >= 0.6 is 0 Å². The van der Waals surface area contributed by atoms with Crippen LogP contribution in [0.15, 0.2) is 0 Å². The largest absolute Gasteiger partial charge is 0.447 e. The second kappa shape index (κ2) is 4.33. The molecule has 0 bridgehead atoms. The molecule has 70 valence electrons. The van der Waals surface area contributed by atoms with Crippen molar-refractivity contribution in [2.45, 2.75) is 39.2 Å². The van der Waals surface area contributed by atoms with Crippen molar-refractivity contribution in [3.63, 3.8) is 0 Å². The molecule has 0 saturated carbocycles. The summed E-state index contributed by atoms with van der Waals surface area (Å²) in [6, 6.07) is 0.273. The summed E-state index contributed by atoms with van der Waals surface area (Å²) in [6.45, 7) is 5.60. The first kappa shape index (κ1) is 9.36. The first-order valence-corrected chi connectivity index (χ1v) is 4.69. The van der Waals surface area contributed by atoms with Crippen LogP contribution < -0.4 is 0 Å². The molecule has 1 amide bonds. The van der Waals surface area contributed by atoms with Crippen molar-refractivity contribution in [3.8, 4) is 0 Å². The third-order valence-corrected chi connectivity index (χ3v) is 2.22. The molecule has 12 heavy (non-hydrogen) atoms. The molecule has 1 fully saturated rings. The van der Waals surface area contributed by atoms with E-state index in [1.807, 2.05) is 11.8 Å². The summed E-state index contributed by atoms with van der Waals surface area (Å²) in [5, 5.41) is 0. The average Bonchev–Trinajstić information content (AvgIpc) is 2.35. The van der Waals surface area contributed by atoms with E-state index < -0.39 is 0 Å². The summed E-state index contributed by atoms with van der Waals surface area (Å²) in [7, 11) is 0. The van der Waals surface area contributed by atoms with Gasteiger partial charge in [0, 0.05) is 6.54 Å². The van der Waals surface area contributed by atoms with Gasteiger partial charge in [-0.15, -0.1) is 0 Å². The second-order valence-electron chi connectivity index (χ2n) is 3.33. The van der Waals surface area contributed by atoms with Crippen LogP contribution in [0.3, 0.4) is 0 Å². The van der Waals surface area contributed by atoms with E-state index in [1.54, 1.807) is 0 Å². The monoisotopic (exact) mass is 171 g/mol. The van der Waals surface area contributed by atoms with Gasteiger partial charge in [0.1, 0.15) is 6.61 Å². The molecule has 0 aromatic carbocycles. The SMILES string of the molecule is CCCCCN1C(=O)OC[C@H]1C. The van der Waals surface area contributed by atoms with E-state index >= 15 is 0 Å². The Labute approximate surface area is 73.7 Å². The summed E-state index contributed by atoms with van der Waals surface area (Å²) in [6.07, 6.45) is 3.34. The lowest BCUT2D eigenvalue weighted by atomic mass is 10.2. The minimum atomic E-state index is -0.140. The Morgan fingerprint density at radius 1 is 1.58 bits per heavy atom. The van der Waals surface area contributed by atoms with Crippen molar-refractivity contribution in [1.82, 2.24) is 4.90 Å². The van der Waals surface area contributed by atoms with E-state index in [2.05, 4.69) is 6.92 Å². The predicted octanol–water partition coefficient (Wildman–Crippen LogP) is 2.02. The third-order valence-electron chi connectivity index (χ3n) is 2.22. The fourth-order valence-corrected chi connectivity index (χ4v) is 1.39. The summed E-state index contributed by atoms with van der Waals surface area (Å²) >= 11 is 0. The van der Waals surface area contributed by atoms with Gasteiger partial charge in [-0.2, -0.15) is 0 Å². The van der Waals surface area contributed by atoms with Gasteiger partial charge in [0.05, 0.1) is 6.04 Å². The molecule has 1 saturated heterocycles. The van der Waals surface area contributed by atoms with Crippen molar-refractivity contribution in [2.75, 3.05) is 13.2 Å². The van der Waals surface area contributed by atoms with Crippen LogP contribution in [0.4, 0.5) is 4.79 Å². The number of nitrogens with zero attached hydrogens (tertiary/aromatic N) is 1. The van der Waals surface area contributed by atoms with Crippen LogP contribution in [0.25, 0.3) is 0 Å². The molecular weight excluding hydrogens is 154 g/mol. The number of rotatable bonds is 4. The van der Waals surface area contributed by atoms with E-state index in [0.717, 1.165) is 13.0 Å². The second-order valence-corrected chi connectivity index (χ2v) is 3.33. The van der Waals surface area contributed by atoms with E-state index in [0.29, 0.717) is 6.61 Å². The zero-order chi connectivity index (χ0) is 8.97. The number of unbranched alkanes of at least 4 members (excludes halogenated alkanes) is 2. The van der Waals surface area contributed by atoms with Gasteiger partial charge in [-0.3, -0.25) is 0 Å². The molecule has 1 rings (SSSR count). The number of cyclic esters (lactones) is 1. The van der Waals surface area contributed by atoms with Crippen LogP contribution in [0.5, 0.6) is 0 Å². The maximum atomic E-state index is 11.1. The van der Waals surface area contributed by atoms with Crippen molar-refractivity contribution in [3.05, 3.63) is 0 Å². The Morgan fingerprint density at radius 2 is 2.33 bits per heavy atom. The Balaban J connectivity index is 2.25. The van der Waals surface area contributed by atoms with E-state index in [9.17, 15) is 4.79 Å². The molecule has 1 aliphatic rings. The minimum Gasteiger partial charge on any atom is -0.447 e. The topological polar surface area (TPSA) is 29.5 Å². The zero-order valence-corrected chi connectivity index (χ0v) is 7.88. The number of amides is 1. The summed E-state index contributed by atoms with van der Waals surface area (Å²) in [5.74, 6) is 0. The van der Waals surface area contributed by atoms with Gasteiger partial charge in [0.25, 0.3) is 0 Å². The Morgan fingerprint density at radius 3 is 2.83 bits per heavy atom. The van der Waals surface area contributed by atoms with Gasteiger partial charge < -0.3 is 9.64 Å². The van der Waals surface area contributed by atoms with Crippen LogP contribution in [0.2, 0.25) is 0 Å². The molecule has 3 heteroatoms. The molecule has 0 unspecified atom stereocenters. The molecule has 0 spiro atoms. The summed E-state index contributed by atoms with van der Waals surface area (Å²) in [5.41, 5.74) is 0. The van der Waals surface area contributed by atoms with Crippen molar-refractivity contribution in [2.24, 2.45) is 0 Å². The van der Waals surface area contributed by atoms with Crippen molar-refractivity contribution >= 4 is 6.09 Å². The van der Waals surface area contributed by atoms with Crippen molar-refractivity contribution in [1.29, 1.82) is 0 Å². The summed E-state index contributed by atoms with van der Waals surface area (Å²) < 4.78 is 4.90. The Hall–Kier alpha value is -0.730. The lowest BCUT2D eigenvalue weighted by Gasteiger charge is -2.17. The smallest absolute Gasteiger partial charge is 0.410 e. The fraction of sp³-hybridized carbons (Fsp3) is 0.889. The van der Waals surface area contributed by atoms with Gasteiger partial charge in [0.15, 0.2) is 0 Å². The van der Waals surface area contributed by atoms with Crippen molar-refractivity contribution < 1.29 is 9.53 Å². The Bertz CT molecular complexity index is 159. The van der Waals surface area contributed by atoms with Gasteiger partial charge in [0.2, 0.25) is 0 Å². The number of hydrogen-bond acceptors (Lipinski definition) is 2. The molecule has 1 heterocycles. The van der Waals surface area contributed by atoms with Gasteiger partial charge >= 0.3 is 6.09 Å². The molecule has 0 aromatic rings. The standard InChI is InChI=1S/C9H17NO2/c1-3-4-5-6-10-8(2)7-12-9(10)11/h8H,3-7H2,1-2H3/t8-/m1/s1. The fourth-order valence-electron chi connectivity index (χ4n) is 1.39. The third kappa shape index (κ3) is 2.13. The molecule has 0 aromatic heterocycles. The highest BCUT2D eigenvalue weighted by Gasteiger charge is 2.28. The highest BCUT2D eigenvalue weighted by atomic mass is 16.6. The van der Waals surface area contributed by atoms with Crippen LogP contribution in [0, 0.1) is 0 Å². The van der Waals surface area contributed by atoms with Gasteiger partial charge in [-0.05, 0) is 13.3 Å². The normalized spacial score (nSPS) is 23.0. The highest BCUT2D eigenvalue weighted by molar-refractivity contribution is 5.69. The first-order chi connectivity index (χ1) is 5.75. The molecule has 0 aliphatic carbocycles. The quantitative estimate of drug-likeness (QED) is 0.605. The average molecular weight is 171 g/mol. The molecule has 0 N–H and O–H groups in total. The zero-order valence-electron chi connectivity index (χ0n) is 7.88. The first-order valence-electron chi connectivity index (χ1n) is 4.69. The van der Waals surface area contributed by atoms with E-state index in [1.165, 1.54) is 12.8 Å². The minimum absolute atomic E-state index is 0.140. The molecule has 1 aliphatic heterocycles. The van der Waals surface area contributed by atoms with E-state index in [4.69, 9.17) is 4.74 Å². The highest BCUT2D eigenvalue weighted by Crippen LogP contribution is 2.12. The maximum absolute atomic E-state index is 11.1. The van der Waals surface area contributed by atoms with Gasteiger partial charge in [-0.1, -0.05) is 19.8 Å². The number of carbonyl (C=O) groups is 1. The van der Waals surface area contributed by atoms with Crippen LogP contribution in [-0.4, -0.2) is 30.2 Å². The molecule has 0 radical (unpaired) electrons. The number of hydrogen-bond donors (Lipinski definition) is 0. The number of carbonyl (C=O) groups excluding carboxylic acids is 1. The van der Waals surface area contributed by atoms with E-state index in [-0.39, 0.29) is 12.1 Å². The molecule has 3 nitrogen and oxygen atoms in total. The lowest BCUT2D eigenvalue weighted by molar-refractivity contribution is 0.157. The predicted molar refractivity (Wildman–Crippen MR) is 47.0 cm³/mol. The maximum Gasteiger partial charge on any atom is 0.410 e. The lowest BCUT2D eigenvalue weighted by Crippen LogP contribution is -2.31. The summed E-state index contributed by atoms with van der Waals surface area (Å²) in [4.78, 5) is 12.9. The molecule has 1 atom stereocenters. The van der Waals surface area contributed by atoms with Gasteiger partial charge in [-0.25, -0.2) is 4.79 Å². The molecular formula is C9H17NO2. The van der Waals surface area contributed by atoms with Crippen LogP contribution in [-0.2, 0) is 4.74 Å². The Kier molecular flexibility index (Phi) is 3.38.